The molecule has 35 heavy (non-hydrogen) atoms. The molecule has 190 valence electrons. The number of anilines is 2. The van der Waals surface area contributed by atoms with Crippen molar-refractivity contribution >= 4 is 52.4 Å². The molecular formula is C27H34Cl2N2O4. The summed E-state index contributed by atoms with van der Waals surface area (Å²) in [4.78, 5) is 36.6. The SMILES string of the molecule is CCCCCCCCCCCC(=O)Nc1cccc(C(=O)OCC(=O)Nc2ccc(Cl)c(Cl)c2)c1. The number of unbranched alkanes of at least 4 members (excludes halogenated alkanes) is 8. The van der Waals surface area contributed by atoms with Crippen LogP contribution in [0.4, 0.5) is 11.4 Å². The van der Waals surface area contributed by atoms with Crippen molar-refractivity contribution in [2.75, 3.05) is 17.2 Å². The zero-order chi connectivity index (χ0) is 25.5. The number of esters is 1. The molecule has 0 unspecified atom stereocenters. The van der Waals surface area contributed by atoms with Crippen LogP contribution >= 0.6 is 23.2 Å². The molecule has 0 saturated carbocycles. The Morgan fingerprint density at radius 3 is 2.06 bits per heavy atom. The minimum absolute atomic E-state index is 0.0838. The van der Waals surface area contributed by atoms with Gasteiger partial charge in [0, 0.05) is 17.8 Å². The second-order valence-corrected chi connectivity index (χ2v) is 9.28. The Kier molecular flexibility index (Phi) is 13.2. The molecule has 6 nitrogen and oxygen atoms in total. The van der Waals surface area contributed by atoms with Gasteiger partial charge in [0.2, 0.25) is 5.91 Å². The first-order valence-corrected chi connectivity index (χ1v) is 13.0. The molecule has 2 N–H and O–H groups in total. The number of hydrogen-bond donors (Lipinski definition) is 2. The smallest absolute Gasteiger partial charge is 0.338 e. The maximum Gasteiger partial charge on any atom is 0.338 e. The van der Waals surface area contributed by atoms with Crippen molar-refractivity contribution in [2.24, 2.45) is 0 Å². The number of ether oxygens (including phenoxy) is 1. The topological polar surface area (TPSA) is 84.5 Å². The summed E-state index contributed by atoms with van der Waals surface area (Å²) >= 11 is 11.8. The van der Waals surface area contributed by atoms with E-state index in [1.807, 2.05) is 0 Å². The lowest BCUT2D eigenvalue weighted by molar-refractivity contribution is -0.119. The van der Waals surface area contributed by atoms with E-state index < -0.39 is 18.5 Å². The maximum atomic E-state index is 12.3. The van der Waals surface area contributed by atoms with Gasteiger partial charge in [0.05, 0.1) is 15.6 Å². The summed E-state index contributed by atoms with van der Waals surface area (Å²) in [5.74, 6) is -1.26. The zero-order valence-corrected chi connectivity index (χ0v) is 21.7. The van der Waals surface area contributed by atoms with Crippen LogP contribution in [-0.4, -0.2) is 24.4 Å². The lowest BCUT2D eigenvalue weighted by Gasteiger charge is -2.09. The van der Waals surface area contributed by atoms with Crippen LogP contribution in [0.25, 0.3) is 0 Å². The second-order valence-electron chi connectivity index (χ2n) is 8.46. The van der Waals surface area contributed by atoms with Gasteiger partial charge in [-0.15, -0.1) is 0 Å². The monoisotopic (exact) mass is 520 g/mol. The van der Waals surface area contributed by atoms with Crippen LogP contribution in [0.15, 0.2) is 42.5 Å². The molecule has 0 spiro atoms. The van der Waals surface area contributed by atoms with Crippen LogP contribution in [0.3, 0.4) is 0 Å². The van der Waals surface area contributed by atoms with Crippen LogP contribution in [0.2, 0.25) is 10.0 Å². The lowest BCUT2D eigenvalue weighted by atomic mass is 10.1. The third-order valence-electron chi connectivity index (χ3n) is 5.43. The Morgan fingerprint density at radius 2 is 1.37 bits per heavy atom. The average molecular weight is 521 g/mol. The summed E-state index contributed by atoms with van der Waals surface area (Å²) in [6.07, 6.45) is 11.2. The molecule has 0 aliphatic rings. The highest BCUT2D eigenvalue weighted by Gasteiger charge is 2.12. The molecule has 8 heteroatoms. The van der Waals surface area contributed by atoms with Crippen LogP contribution in [0, 0.1) is 0 Å². The highest BCUT2D eigenvalue weighted by Crippen LogP contribution is 2.25. The van der Waals surface area contributed by atoms with Crippen molar-refractivity contribution < 1.29 is 19.1 Å². The van der Waals surface area contributed by atoms with Gasteiger partial charge in [-0.2, -0.15) is 0 Å². The summed E-state index contributed by atoms with van der Waals surface area (Å²) in [7, 11) is 0. The Labute approximate surface area is 217 Å². The quantitative estimate of drug-likeness (QED) is 0.186. The number of hydrogen-bond acceptors (Lipinski definition) is 4. The van der Waals surface area contributed by atoms with Crippen molar-refractivity contribution in [3.8, 4) is 0 Å². The van der Waals surface area contributed by atoms with Gasteiger partial charge in [-0.05, 0) is 42.8 Å². The molecular weight excluding hydrogens is 487 g/mol. The van der Waals surface area contributed by atoms with E-state index in [0.29, 0.717) is 27.8 Å². The molecule has 0 radical (unpaired) electrons. The molecule has 0 fully saturated rings. The van der Waals surface area contributed by atoms with Crippen molar-refractivity contribution in [2.45, 2.75) is 71.1 Å². The largest absolute Gasteiger partial charge is 0.452 e. The minimum atomic E-state index is -0.663. The fraction of sp³-hybridized carbons (Fsp3) is 0.444. The van der Waals surface area contributed by atoms with Gasteiger partial charge >= 0.3 is 5.97 Å². The predicted molar refractivity (Wildman–Crippen MR) is 142 cm³/mol. The number of carbonyl (C=O) groups is 3. The van der Waals surface area contributed by atoms with Crippen LogP contribution in [0.5, 0.6) is 0 Å². The Morgan fingerprint density at radius 1 is 0.743 bits per heavy atom. The normalized spacial score (nSPS) is 10.6. The third-order valence-corrected chi connectivity index (χ3v) is 6.17. The molecule has 0 saturated heterocycles. The summed E-state index contributed by atoms with van der Waals surface area (Å²) in [6, 6.07) is 11.1. The van der Waals surface area contributed by atoms with Gasteiger partial charge in [0.15, 0.2) is 6.61 Å². The summed E-state index contributed by atoms with van der Waals surface area (Å²) in [6.45, 7) is 1.75. The third kappa shape index (κ3) is 11.6. The fourth-order valence-electron chi connectivity index (χ4n) is 3.53. The molecule has 0 aliphatic heterocycles. The van der Waals surface area contributed by atoms with Gasteiger partial charge in [0.25, 0.3) is 5.91 Å². The van der Waals surface area contributed by atoms with Crippen molar-refractivity contribution in [1.29, 1.82) is 0 Å². The second kappa shape index (κ2) is 16.2. The van der Waals surface area contributed by atoms with E-state index in [1.54, 1.807) is 30.3 Å². The molecule has 0 aliphatic carbocycles. The van der Waals surface area contributed by atoms with Gasteiger partial charge in [-0.3, -0.25) is 9.59 Å². The van der Waals surface area contributed by atoms with Crippen LogP contribution in [-0.2, 0) is 14.3 Å². The highest BCUT2D eigenvalue weighted by atomic mass is 35.5. The molecule has 0 bridgehead atoms. The first kappa shape index (κ1) is 28.7. The van der Waals surface area contributed by atoms with E-state index in [-0.39, 0.29) is 11.5 Å². The Hall–Kier alpha value is -2.57. The number of halogens is 2. The minimum Gasteiger partial charge on any atom is -0.452 e. The molecule has 0 aromatic heterocycles. The summed E-state index contributed by atoms with van der Waals surface area (Å²) in [5, 5.41) is 6.08. The Bertz CT molecular complexity index is 981. The predicted octanol–water partition coefficient (Wildman–Crippen LogP) is 7.65. The van der Waals surface area contributed by atoms with E-state index in [2.05, 4.69) is 17.6 Å². The summed E-state index contributed by atoms with van der Waals surface area (Å²) in [5.41, 5.74) is 1.20. The van der Waals surface area contributed by atoms with Gasteiger partial charge in [-0.25, -0.2) is 4.79 Å². The number of rotatable bonds is 15. The van der Waals surface area contributed by atoms with Crippen molar-refractivity contribution in [1.82, 2.24) is 0 Å². The first-order valence-electron chi connectivity index (χ1n) is 12.2. The summed E-state index contributed by atoms with van der Waals surface area (Å²) < 4.78 is 5.09. The van der Waals surface area contributed by atoms with Crippen molar-refractivity contribution in [3.05, 3.63) is 58.1 Å². The molecule has 0 heterocycles. The molecule has 2 rings (SSSR count). The average Bonchev–Trinajstić information content (AvgIpc) is 2.84. The van der Waals surface area contributed by atoms with Gasteiger partial charge in [0.1, 0.15) is 0 Å². The van der Waals surface area contributed by atoms with E-state index in [0.717, 1.165) is 19.3 Å². The standard InChI is InChI=1S/C27H34Cl2N2O4/c1-2-3-4-5-6-7-8-9-10-14-25(32)30-21-13-11-12-20(17-21)27(34)35-19-26(33)31-22-15-16-23(28)24(29)18-22/h11-13,15-18H,2-10,14,19H2,1H3,(H,30,32)(H,31,33). The number of amides is 2. The number of benzene rings is 2. The zero-order valence-electron chi connectivity index (χ0n) is 20.2. The number of nitrogens with one attached hydrogen (secondary N) is 2. The van der Waals surface area contributed by atoms with E-state index >= 15 is 0 Å². The van der Waals surface area contributed by atoms with Gasteiger partial charge in [-0.1, -0.05) is 87.6 Å². The van der Waals surface area contributed by atoms with E-state index in [9.17, 15) is 14.4 Å². The van der Waals surface area contributed by atoms with Crippen LogP contribution in [0.1, 0.15) is 81.5 Å². The van der Waals surface area contributed by atoms with Gasteiger partial charge < -0.3 is 15.4 Å². The fourth-order valence-corrected chi connectivity index (χ4v) is 3.83. The molecule has 0 atom stereocenters. The molecule has 2 aromatic carbocycles. The number of carbonyl (C=O) groups excluding carboxylic acids is 3. The van der Waals surface area contributed by atoms with Crippen molar-refractivity contribution in [3.63, 3.8) is 0 Å². The molecule has 2 amide bonds. The molecule has 2 aromatic rings. The maximum absolute atomic E-state index is 12.3. The lowest BCUT2D eigenvalue weighted by Crippen LogP contribution is -2.21. The highest BCUT2D eigenvalue weighted by molar-refractivity contribution is 6.42. The first-order chi connectivity index (χ1) is 16.9. The van der Waals surface area contributed by atoms with Crippen LogP contribution < -0.4 is 10.6 Å². The van der Waals surface area contributed by atoms with E-state index in [1.165, 1.54) is 50.7 Å². The van der Waals surface area contributed by atoms with E-state index in [4.69, 9.17) is 27.9 Å². The Balaban J connectivity index is 1.69.